The topological polar surface area (TPSA) is 88.0 Å². The summed E-state index contributed by atoms with van der Waals surface area (Å²) in [6, 6.07) is 14.6. The van der Waals surface area contributed by atoms with Crippen LogP contribution in [0, 0.1) is 5.82 Å². The molecular formula is C23H24FN5O2. The predicted octanol–water partition coefficient (Wildman–Crippen LogP) is 3.18. The summed E-state index contributed by atoms with van der Waals surface area (Å²) in [6.45, 7) is 2.88. The molecule has 2 heterocycles. The van der Waals surface area contributed by atoms with Crippen molar-refractivity contribution in [1.82, 2.24) is 15.0 Å². The number of hydrogen-bond donors (Lipinski definition) is 1. The molecule has 1 aliphatic heterocycles. The van der Waals surface area contributed by atoms with Crippen molar-refractivity contribution in [2.75, 3.05) is 20.3 Å². The zero-order valence-electron chi connectivity index (χ0n) is 17.5. The van der Waals surface area contributed by atoms with Crippen molar-refractivity contribution in [2.45, 2.75) is 19.4 Å². The molecule has 4 rings (SSSR count). The monoisotopic (exact) mass is 421 g/mol. The Balaban J connectivity index is 1.52. The van der Waals surface area contributed by atoms with Gasteiger partial charge in [-0.3, -0.25) is 14.6 Å². The molecule has 160 valence electrons. The van der Waals surface area contributed by atoms with E-state index in [0.717, 1.165) is 16.7 Å². The number of aromatic nitrogens is 1. The number of nitrogens with zero attached hydrogens (tertiary/aromatic N) is 4. The van der Waals surface area contributed by atoms with Gasteiger partial charge in [0.2, 0.25) is 5.91 Å². The van der Waals surface area contributed by atoms with Crippen LogP contribution in [0.3, 0.4) is 0 Å². The van der Waals surface area contributed by atoms with E-state index in [0.29, 0.717) is 24.5 Å². The molecule has 8 heteroatoms. The summed E-state index contributed by atoms with van der Waals surface area (Å²) in [5.74, 6) is -0.423. The largest absolute Gasteiger partial charge is 0.369 e. The summed E-state index contributed by atoms with van der Waals surface area (Å²) in [6.07, 6.45) is 1.51. The molecule has 1 amide bonds. The minimum atomic E-state index is -0.292. The Hall–Kier alpha value is -3.52. The Bertz CT molecular complexity index is 1110. The van der Waals surface area contributed by atoms with Crippen LogP contribution in [-0.2, 0) is 11.3 Å². The normalized spacial score (nSPS) is 16.2. The van der Waals surface area contributed by atoms with Crippen molar-refractivity contribution < 1.29 is 13.7 Å². The summed E-state index contributed by atoms with van der Waals surface area (Å²) in [5, 5.41) is 4.11. The maximum Gasteiger partial charge on any atom is 0.244 e. The lowest BCUT2D eigenvalue weighted by Crippen LogP contribution is -2.39. The number of aliphatic imine (C=N–C) groups is 1. The van der Waals surface area contributed by atoms with Crippen molar-refractivity contribution in [3.63, 3.8) is 0 Å². The highest BCUT2D eigenvalue weighted by atomic mass is 19.1. The van der Waals surface area contributed by atoms with E-state index in [-0.39, 0.29) is 30.1 Å². The summed E-state index contributed by atoms with van der Waals surface area (Å²) in [7, 11) is 1.84. The molecule has 0 radical (unpaired) electrons. The highest BCUT2D eigenvalue weighted by Crippen LogP contribution is 2.30. The molecule has 1 atom stereocenters. The number of halogens is 1. The molecule has 0 spiro atoms. The highest BCUT2D eigenvalue weighted by Gasteiger charge is 2.27. The van der Waals surface area contributed by atoms with Gasteiger partial charge in [0.15, 0.2) is 5.96 Å². The second kappa shape index (κ2) is 8.69. The van der Waals surface area contributed by atoms with Crippen molar-refractivity contribution in [3.8, 4) is 11.1 Å². The molecule has 31 heavy (non-hydrogen) atoms. The Morgan fingerprint density at radius 3 is 2.74 bits per heavy atom. The van der Waals surface area contributed by atoms with Gasteiger partial charge in [-0.15, -0.1) is 0 Å². The first kappa shape index (κ1) is 20.7. The fraction of sp³-hybridized carbons (Fsp3) is 0.261. The minimum absolute atomic E-state index is 0.0864. The van der Waals surface area contributed by atoms with Crippen LogP contribution in [0.5, 0.6) is 0 Å². The standard InChI is InChI=1S/C23H24FN5O2/c1-15(17-8-9-19(20(24)10-17)16-6-4-3-5-7-16)22-18(13-31-27-22)11-26-23(25)29-14-28(2)12-21(29)30/h3-10,13,15H,11-12,14H2,1-2H3,(H2,25,26). The van der Waals surface area contributed by atoms with Gasteiger partial charge in [-0.2, -0.15) is 0 Å². The number of guanidine groups is 1. The van der Waals surface area contributed by atoms with Gasteiger partial charge in [-0.05, 0) is 24.2 Å². The molecule has 3 aromatic rings. The first-order valence-corrected chi connectivity index (χ1v) is 10.0. The fourth-order valence-electron chi connectivity index (χ4n) is 3.69. The molecule has 0 aliphatic carbocycles. The Morgan fingerprint density at radius 1 is 1.29 bits per heavy atom. The Labute approximate surface area is 180 Å². The zero-order valence-corrected chi connectivity index (χ0v) is 17.5. The van der Waals surface area contributed by atoms with Gasteiger partial charge >= 0.3 is 0 Å². The average Bonchev–Trinajstić information content (AvgIpc) is 3.37. The van der Waals surface area contributed by atoms with Crippen molar-refractivity contribution >= 4 is 11.9 Å². The quantitative estimate of drug-likeness (QED) is 0.505. The van der Waals surface area contributed by atoms with Crippen LogP contribution in [0.2, 0.25) is 0 Å². The summed E-state index contributed by atoms with van der Waals surface area (Å²) >= 11 is 0. The molecule has 1 fully saturated rings. The van der Waals surface area contributed by atoms with E-state index in [4.69, 9.17) is 10.3 Å². The molecule has 2 N–H and O–H groups in total. The van der Waals surface area contributed by atoms with Crippen molar-refractivity contribution in [2.24, 2.45) is 10.7 Å². The number of hydrogen-bond acceptors (Lipinski definition) is 5. The molecule has 1 unspecified atom stereocenters. The molecule has 7 nitrogen and oxygen atoms in total. The zero-order chi connectivity index (χ0) is 22.0. The van der Waals surface area contributed by atoms with Gasteiger partial charge in [0.05, 0.1) is 25.5 Å². The van der Waals surface area contributed by atoms with Gasteiger partial charge in [0, 0.05) is 17.0 Å². The predicted molar refractivity (Wildman–Crippen MR) is 116 cm³/mol. The lowest BCUT2D eigenvalue weighted by atomic mass is 9.93. The van der Waals surface area contributed by atoms with Crippen molar-refractivity contribution in [1.29, 1.82) is 0 Å². The van der Waals surface area contributed by atoms with E-state index in [1.807, 2.05) is 55.3 Å². The number of rotatable bonds is 5. The van der Waals surface area contributed by atoms with E-state index in [2.05, 4.69) is 10.1 Å². The van der Waals surface area contributed by atoms with Gasteiger partial charge in [-0.1, -0.05) is 54.5 Å². The lowest BCUT2D eigenvalue weighted by molar-refractivity contribution is -0.123. The SMILES string of the molecule is CC(c1ccc(-c2ccccc2)c(F)c1)c1nocc1CN=C(N)N1CN(C)CC1=O. The third-order valence-corrected chi connectivity index (χ3v) is 5.44. The van der Waals surface area contributed by atoms with Gasteiger partial charge in [-0.25, -0.2) is 9.38 Å². The van der Waals surface area contributed by atoms with E-state index >= 15 is 0 Å². The van der Waals surface area contributed by atoms with Crippen LogP contribution in [0.4, 0.5) is 4.39 Å². The molecule has 0 saturated carbocycles. The third kappa shape index (κ3) is 4.34. The van der Waals surface area contributed by atoms with Gasteiger partial charge < -0.3 is 10.3 Å². The maximum absolute atomic E-state index is 14.8. The second-order valence-corrected chi connectivity index (χ2v) is 7.70. The van der Waals surface area contributed by atoms with Gasteiger partial charge in [0.1, 0.15) is 12.1 Å². The number of likely N-dealkylation sites (N-methyl/N-ethyl adjacent to an activating group) is 1. The smallest absolute Gasteiger partial charge is 0.244 e. The molecule has 1 saturated heterocycles. The van der Waals surface area contributed by atoms with E-state index < -0.39 is 0 Å². The van der Waals surface area contributed by atoms with E-state index in [9.17, 15) is 9.18 Å². The molecule has 1 aliphatic rings. The van der Waals surface area contributed by atoms with E-state index in [1.165, 1.54) is 17.2 Å². The van der Waals surface area contributed by atoms with Crippen LogP contribution in [-0.4, -0.2) is 47.1 Å². The number of carbonyl (C=O) groups excluding carboxylic acids is 1. The highest BCUT2D eigenvalue weighted by molar-refractivity contribution is 5.98. The van der Waals surface area contributed by atoms with Crippen LogP contribution >= 0.6 is 0 Å². The molecule has 2 aromatic carbocycles. The minimum Gasteiger partial charge on any atom is -0.369 e. The Morgan fingerprint density at radius 2 is 2.06 bits per heavy atom. The van der Waals surface area contributed by atoms with Crippen LogP contribution in [0.15, 0.2) is 64.3 Å². The fourth-order valence-corrected chi connectivity index (χ4v) is 3.69. The molecular weight excluding hydrogens is 397 g/mol. The maximum atomic E-state index is 14.8. The third-order valence-electron chi connectivity index (χ3n) is 5.44. The number of amides is 1. The lowest BCUT2D eigenvalue weighted by Gasteiger charge is -2.15. The number of benzene rings is 2. The first-order valence-electron chi connectivity index (χ1n) is 10.0. The summed E-state index contributed by atoms with van der Waals surface area (Å²) < 4.78 is 20.0. The first-order chi connectivity index (χ1) is 14.9. The second-order valence-electron chi connectivity index (χ2n) is 7.70. The van der Waals surface area contributed by atoms with Crippen molar-refractivity contribution in [3.05, 3.63) is 77.4 Å². The van der Waals surface area contributed by atoms with Crippen LogP contribution < -0.4 is 5.73 Å². The summed E-state index contributed by atoms with van der Waals surface area (Å²) in [4.78, 5) is 19.6. The summed E-state index contributed by atoms with van der Waals surface area (Å²) in [5.41, 5.74) is 9.56. The van der Waals surface area contributed by atoms with Crippen LogP contribution in [0.1, 0.15) is 29.7 Å². The number of carbonyl (C=O) groups is 1. The van der Waals surface area contributed by atoms with E-state index in [1.54, 1.807) is 6.07 Å². The molecule has 0 bridgehead atoms. The van der Waals surface area contributed by atoms with Crippen LogP contribution in [0.25, 0.3) is 11.1 Å². The molecule has 1 aromatic heterocycles. The Kier molecular flexibility index (Phi) is 5.81. The average molecular weight is 421 g/mol. The number of nitrogens with two attached hydrogens (primary N) is 1. The van der Waals surface area contributed by atoms with Gasteiger partial charge in [0.25, 0.3) is 0 Å².